The average Bonchev–Trinajstić information content (AvgIpc) is 3.00. The molecule has 1 aromatic heterocycles. The van der Waals surface area contributed by atoms with Gasteiger partial charge in [-0.1, -0.05) is 49.7 Å². The van der Waals surface area contributed by atoms with E-state index < -0.39 is 10.0 Å². The van der Waals surface area contributed by atoms with Crippen LogP contribution in [0, 0.1) is 12.8 Å². The van der Waals surface area contributed by atoms with E-state index in [4.69, 9.17) is 16.3 Å². The Balaban J connectivity index is 1.72. The Labute approximate surface area is 188 Å². The molecular weight excluding hydrogens is 440 g/mol. The molecule has 0 bridgehead atoms. The number of nitrogens with one attached hydrogen (secondary N) is 1. The molecule has 1 N–H and O–H groups in total. The molecule has 0 unspecified atom stereocenters. The molecule has 0 radical (unpaired) electrons. The predicted octanol–water partition coefficient (Wildman–Crippen LogP) is 2.59. The smallest absolute Gasteiger partial charge is 0.256 e. The van der Waals surface area contributed by atoms with Crippen molar-refractivity contribution in [3.05, 3.63) is 51.8 Å². The molecular formula is C21H29ClN4O4S. The fourth-order valence-electron chi connectivity index (χ4n) is 3.53. The Morgan fingerprint density at radius 2 is 1.87 bits per heavy atom. The number of sulfonamides is 1. The number of amides is 1. The molecule has 1 aromatic carbocycles. The van der Waals surface area contributed by atoms with Crippen LogP contribution in [0.4, 0.5) is 0 Å². The third kappa shape index (κ3) is 5.85. The number of hydrogen-bond acceptors (Lipinski definition) is 5. The van der Waals surface area contributed by atoms with Crippen LogP contribution >= 0.6 is 11.6 Å². The van der Waals surface area contributed by atoms with Crippen LogP contribution in [-0.4, -0.2) is 54.7 Å². The van der Waals surface area contributed by atoms with E-state index in [1.165, 1.54) is 4.31 Å². The summed E-state index contributed by atoms with van der Waals surface area (Å²) in [4.78, 5) is 12.8. The van der Waals surface area contributed by atoms with Gasteiger partial charge in [0.25, 0.3) is 5.91 Å². The maximum Gasteiger partial charge on any atom is 0.256 e. The molecule has 1 aliphatic heterocycles. The van der Waals surface area contributed by atoms with E-state index in [0.29, 0.717) is 60.7 Å². The SMILES string of the molecule is Cc1nn(CC(C)C)c(Cl)c1C(=O)NCc1ccccc1CS(=O)(=O)N1CCOCC1. The Hall–Kier alpha value is -1.94. The van der Waals surface area contributed by atoms with Gasteiger partial charge >= 0.3 is 0 Å². The molecule has 10 heteroatoms. The van der Waals surface area contributed by atoms with E-state index in [1.54, 1.807) is 23.7 Å². The number of benzene rings is 1. The van der Waals surface area contributed by atoms with Crippen molar-refractivity contribution >= 4 is 27.5 Å². The van der Waals surface area contributed by atoms with Crippen molar-refractivity contribution in [2.45, 2.75) is 39.6 Å². The van der Waals surface area contributed by atoms with Crippen LogP contribution < -0.4 is 5.32 Å². The van der Waals surface area contributed by atoms with Gasteiger partial charge in [-0.05, 0) is 24.0 Å². The van der Waals surface area contributed by atoms with Crippen LogP contribution in [-0.2, 0) is 33.6 Å². The third-order valence-electron chi connectivity index (χ3n) is 5.09. The topological polar surface area (TPSA) is 93.5 Å². The number of carbonyl (C=O) groups is 1. The first kappa shape index (κ1) is 23.7. The lowest BCUT2D eigenvalue weighted by Gasteiger charge is -2.26. The van der Waals surface area contributed by atoms with Crippen LogP contribution in [0.3, 0.4) is 0 Å². The van der Waals surface area contributed by atoms with Crippen molar-refractivity contribution in [1.82, 2.24) is 19.4 Å². The van der Waals surface area contributed by atoms with Crippen molar-refractivity contribution in [1.29, 1.82) is 0 Å². The van der Waals surface area contributed by atoms with Gasteiger partial charge in [0.15, 0.2) is 0 Å². The number of carbonyl (C=O) groups excluding carboxylic acids is 1. The first-order chi connectivity index (χ1) is 14.7. The van der Waals surface area contributed by atoms with Crippen molar-refractivity contribution in [2.24, 2.45) is 5.92 Å². The lowest BCUT2D eigenvalue weighted by molar-refractivity contribution is 0.0729. The lowest BCUT2D eigenvalue weighted by atomic mass is 10.1. The molecule has 1 saturated heterocycles. The molecule has 0 spiro atoms. The van der Waals surface area contributed by atoms with Crippen LogP contribution in [0.15, 0.2) is 24.3 Å². The summed E-state index contributed by atoms with van der Waals surface area (Å²) in [5.74, 6) is -0.109. The highest BCUT2D eigenvalue weighted by Crippen LogP contribution is 2.22. The molecule has 1 aliphatic rings. The van der Waals surface area contributed by atoms with Gasteiger partial charge in [-0.3, -0.25) is 9.48 Å². The summed E-state index contributed by atoms with van der Waals surface area (Å²) in [6, 6.07) is 7.22. The summed E-state index contributed by atoms with van der Waals surface area (Å²) in [5, 5.41) is 7.55. The molecule has 8 nitrogen and oxygen atoms in total. The van der Waals surface area contributed by atoms with E-state index in [1.807, 2.05) is 12.1 Å². The van der Waals surface area contributed by atoms with E-state index in [2.05, 4.69) is 24.3 Å². The first-order valence-corrected chi connectivity index (χ1v) is 12.3. The average molecular weight is 469 g/mol. The van der Waals surface area contributed by atoms with Gasteiger partial charge < -0.3 is 10.1 Å². The number of aryl methyl sites for hydroxylation is 1. The van der Waals surface area contributed by atoms with Gasteiger partial charge in [0.05, 0.1) is 30.2 Å². The second-order valence-corrected chi connectivity index (χ2v) is 10.4. The van der Waals surface area contributed by atoms with Crippen LogP contribution in [0.1, 0.15) is 41.0 Å². The highest BCUT2D eigenvalue weighted by Gasteiger charge is 2.26. The summed E-state index contributed by atoms with van der Waals surface area (Å²) in [6.07, 6.45) is 0. The molecule has 1 amide bonds. The zero-order valence-electron chi connectivity index (χ0n) is 18.1. The number of nitrogens with zero attached hydrogens (tertiary/aromatic N) is 3. The second kappa shape index (κ2) is 10.1. The number of halogens is 1. The van der Waals surface area contributed by atoms with Crippen molar-refractivity contribution in [3.63, 3.8) is 0 Å². The molecule has 0 aliphatic carbocycles. The molecule has 2 heterocycles. The van der Waals surface area contributed by atoms with Crippen molar-refractivity contribution < 1.29 is 17.9 Å². The maximum absolute atomic E-state index is 12.8. The van der Waals surface area contributed by atoms with Gasteiger partial charge in [-0.25, -0.2) is 8.42 Å². The van der Waals surface area contributed by atoms with Crippen LogP contribution in [0.5, 0.6) is 0 Å². The van der Waals surface area contributed by atoms with E-state index in [-0.39, 0.29) is 18.2 Å². The Morgan fingerprint density at radius 3 is 2.52 bits per heavy atom. The monoisotopic (exact) mass is 468 g/mol. The van der Waals surface area contributed by atoms with E-state index in [0.717, 1.165) is 5.56 Å². The highest BCUT2D eigenvalue weighted by molar-refractivity contribution is 7.88. The standard InChI is InChI=1S/C21H29ClN4O4S/c1-15(2)13-26-20(22)19(16(3)24-26)21(27)23-12-17-6-4-5-7-18(17)14-31(28,29)25-8-10-30-11-9-25/h4-7,15H,8-14H2,1-3H3,(H,23,27). The van der Waals surface area contributed by atoms with E-state index >= 15 is 0 Å². The van der Waals surface area contributed by atoms with Crippen LogP contribution in [0.25, 0.3) is 0 Å². The zero-order chi connectivity index (χ0) is 22.6. The second-order valence-electron chi connectivity index (χ2n) is 8.05. The number of rotatable bonds is 8. The maximum atomic E-state index is 12.8. The number of morpholine rings is 1. The lowest BCUT2D eigenvalue weighted by Crippen LogP contribution is -2.41. The minimum absolute atomic E-state index is 0.120. The molecule has 3 rings (SSSR count). The minimum atomic E-state index is -3.47. The first-order valence-electron chi connectivity index (χ1n) is 10.3. The number of aromatic nitrogens is 2. The minimum Gasteiger partial charge on any atom is -0.379 e. The summed E-state index contributed by atoms with van der Waals surface area (Å²) in [5.41, 5.74) is 2.32. The quantitative estimate of drug-likeness (QED) is 0.642. The fraction of sp³-hybridized carbons (Fsp3) is 0.524. The van der Waals surface area contributed by atoms with E-state index in [9.17, 15) is 13.2 Å². The highest BCUT2D eigenvalue weighted by atomic mass is 35.5. The number of ether oxygens (including phenoxy) is 1. The van der Waals surface area contributed by atoms with Crippen molar-refractivity contribution in [3.8, 4) is 0 Å². The van der Waals surface area contributed by atoms with Crippen molar-refractivity contribution in [2.75, 3.05) is 26.3 Å². The Kier molecular flexibility index (Phi) is 7.74. The molecule has 0 atom stereocenters. The molecule has 0 saturated carbocycles. The predicted molar refractivity (Wildman–Crippen MR) is 119 cm³/mol. The summed E-state index contributed by atoms with van der Waals surface area (Å²) < 4.78 is 33.9. The molecule has 1 fully saturated rings. The Bertz CT molecular complexity index is 1030. The number of hydrogen-bond donors (Lipinski definition) is 1. The summed E-state index contributed by atoms with van der Waals surface area (Å²) in [6.45, 7) is 8.19. The normalized spacial score (nSPS) is 15.4. The molecule has 31 heavy (non-hydrogen) atoms. The van der Waals surface area contributed by atoms with Crippen LogP contribution in [0.2, 0.25) is 5.15 Å². The Morgan fingerprint density at radius 1 is 1.23 bits per heavy atom. The summed E-state index contributed by atoms with van der Waals surface area (Å²) in [7, 11) is -3.47. The zero-order valence-corrected chi connectivity index (χ0v) is 19.7. The third-order valence-corrected chi connectivity index (χ3v) is 7.30. The molecule has 170 valence electrons. The van der Waals surface area contributed by atoms with Gasteiger partial charge in [-0.15, -0.1) is 0 Å². The molecule has 2 aromatic rings. The largest absolute Gasteiger partial charge is 0.379 e. The van der Waals surface area contributed by atoms with Gasteiger partial charge in [0, 0.05) is 26.2 Å². The van der Waals surface area contributed by atoms with Gasteiger partial charge in [-0.2, -0.15) is 9.40 Å². The van der Waals surface area contributed by atoms with Gasteiger partial charge in [0.2, 0.25) is 10.0 Å². The van der Waals surface area contributed by atoms with Gasteiger partial charge in [0.1, 0.15) is 5.15 Å². The fourth-order valence-corrected chi connectivity index (χ4v) is 5.42. The summed E-state index contributed by atoms with van der Waals surface area (Å²) >= 11 is 6.40.